The highest BCUT2D eigenvalue weighted by atomic mass is 35.5. The van der Waals surface area contributed by atoms with E-state index in [2.05, 4.69) is 31.2 Å². The number of rotatable bonds is 7. The highest BCUT2D eigenvalue weighted by Crippen LogP contribution is 2.32. The van der Waals surface area contributed by atoms with Gasteiger partial charge in [-0.15, -0.1) is 0 Å². The number of amides is 1. The Hall–Kier alpha value is -2.80. The van der Waals surface area contributed by atoms with Crippen LogP contribution in [0.1, 0.15) is 10.4 Å². The quantitative estimate of drug-likeness (QED) is 0.500. The maximum Gasteiger partial charge on any atom is 0.251 e. The van der Waals surface area contributed by atoms with E-state index in [-0.39, 0.29) is 5.91 Å². The highest BCUT2D eigenvalue weighted by Gasteiger charge is 2.18. The molecule has 1 fully saturated rings. The van der Waals surface area contributed by atoms with Gasteiger partial charge >= 0.3 is 0 Å². The molecular formula is C24H25Cl2N5O. The Morgan fingerprint density at radius 2 is 1.84 bits per heavy atom. The van der Waals surface area contributed by atoms with Crippen LogP contribution in [-0.4, -0.2) is 60.0 Å². The number of nitrogens with one attached hydrogen (secondary N) is 2. The molecule has 2 aromatic carbocycles. The number of benzene rings is 2. The van der Waals surface area contributed by atoms with Crippen molar-refractivity contribution in [1.29, 1.82) is 0 Å². The van der Waals surface area contributed by atoms with Crippen molar-refractivity contribution in [1.82, 2.24) is 20.2 Å². The summed E-state index contributed by atoms with van der Waals surface area (Å²) in [6.07, 6.45) is 7.58. The number of aromatic amines is 1. The zero-order valence-electron chi connectivity index (χ0n) is 17.6. The summed E-state index contributed by atoms with van der Waals surface area (Å²) < 4.78 is 0. The van der Waals surface area contributed by atoms with Crippen LogP contribution < -0.4 is 10.2 Å². The van der Waals surface area contributed by atoms with Crippen LogP contribution in [0.2, 0.25) is 10.0 Å². The number of imidazole rings is 1. The fraction of sp³-hybridized carbons (Fsp3) is 0.250. The van der Waals surface area contributed by atoms with E-state index in [1.807, 2.05) is 48.5 Å². The van der Waals surface area contributed by atoms with Gasteiger partial charge in [0.2, 0.25) is 0 Å². The van der Waals surface area contributed by atoms with Gasteiger partial charge in [-0.2, -0.15) is 0 Å². The molecule has 1 aliphatic heterocycles. The molecule has 0 spiro atoms. The van der Waals surface area contributed by atoms with E-state index in [0.717, 1.165) is 49.8 Å². The van der Waals surface area contributed by atoms with Gasteiger partial charge < -0.3 is 15.2 Å². The van der Waals surface area contributed by atoms with Gasteiger partial charge in [-0.1, -0.05) is 53.6 Å². The molecule has 2 heterocycles. The van der Waals surface area contributed by atoms with Gasteiger partial charge in [-0.3, -0.25) is 9.69 Å². The van der Waals surface area contributed by atoms with Crippen molar-refractivity contribution in [2.45, 2.75) is 0 Å². The van der Waals surface area contributed by atoms with Gasteiger partial charge in [-0.25, -0.2) is 4.98 Å². The first-order valence-electron chi connectivity index (χ1n) is 10.6. The Balaban J connectivity index is 1.18. The van der Waals surface area contributed by atoms with Gasteiger partial charge in [0.05, 0.1) is 15.7 Å². The molecule has 2 N–H and O–H groups in total. The molecule has 3 aromatic rings. The van der Waals surface area contributed by atoms with Crippen LogP contribution in [0.4, 0.5) is 5.69 Å². The van der Waals surface area contributed by atoms with Crippen molar-refractivity contribution in [2.75, 3.05) is 44.2 Å². The molecule has 166 valence electrons. The molecule has 0 atom stereocenters. The lowest BCUT2D eigenvalue weighted by atomic mass is 10.1. The number of hydrogen-bond acceptors (Lipinski definition) is 4. The second-order valence-corrected chi connectivity index (χ2v) is 8.34. The van der Waals surface area contributed by atoms with Crippen molar-refractivity contribution < 1.29 is 4.79 Å². The van der Waals surface area contributed by atoms with Gasteiger partial charge in [0.1, 0.15) is 5.82 Å². The number of hydrogen-bond donors (Lipinski definition) is 2. The van der Waals surface area contributed by atoms with E-state index in [9.17, 15) is 4.79 Å². The van der Waals surface area contributed by atoms with E-state index >= 15 is 0 Å². The molecule has 4 rings (SSSR count). The van der Waals surface area contributed by atoms with Gasteiger partial charge in [0, 0.05) is 62.8 Å². The second-order valence-electron chi connectivity index (χ2n) is 7.56. The molecule has 1 aliphatic rings. The lowest BCUT2D eigenvalue weighted by Gasteiger charge is -2.36. The molecule has 1 amide bonds. The van der Waals surface area contributed by atoms with E-state index in [1.165, 1.54) is 0 Å². The van der Waals surface area contributed by atoms with Crippen molar-refractivity contribution in [3.05, 3.63) is 82.6 Å². The molecule has 8 heteroatoms. The van der Waals surface area contributed by atoms with Crippen LogP contribution in [0.25, 0.3) is 11.4 Å². The first kappa shape index (κ1) is 22.4. The molecule has 1 aromatic heterocycles. The van der Waals surface area contributed by atoms with Crippen LogP contribution in [0, 0.1) is 0 Å². The van der Waals surface area contributed by atoms with Crippen molar-refractivity contribution in [2.24, 2.45) is 0 Å². The predicted octanol–water partition coefficient (Wildman–Crippen LogP) is 4.49. The number of anilines is 1. The van der Waals surface area contributed by atoms with E-state index in [1.54, 1.807) is 12.4 Å². The molecule has 0 aliphatic carbocycles. The summed E-state index contributed by atoms with van der Waals surface area (Å²) in [5.41, 5.74) is 2.57. The fourth-order valence-electron chi connectivity index (χ4n) is 3.67. The highest BCUT2D eigenvalue weighted by molar-refractivity contribution is 6.43. The lowest BCUT2D eigenvalue weighted by Crippen LogP contribution is -2.46. The standard InChI is InChI=1S/C24H25Cl2N5O/c25-20-4-3-5-21(22(20)26)31-16-14-30(15-17-31)13-2-1-10-29-24(32)19-8-6-18(7-9-19)23-27-11-12-28-23/h1-9,11-12H,10,13-17H2,(H,27,28)(H,29,32)/b2-1+. The third kappa shape index (κ3) is 5.51. The minimum atomic E-state index is -0.0901. The molecule has 0 saturated carbocycles. The minimum Gasteiger partial charge on any atom is -0.368 e. The lowest BCUT2D eigenvalue weighted by molar-refractivity contribution is 0.0958. The van der Waals surface area contributed by atoms with Crippen molar-refractivity contribution >= 4 is 34.8 Å². The Bertz CT molecular complexity index is 1060. The third-order valence-corrected chi connectivity index (χ3v) is 6.28. The number of halogens is 2. The fourth-order valence-corrected chi connectivity index (χ4v) is 4.09. The first-order valence-corrected chi connectivity index (χ1v) is 11.3. The predicted molar refractivity (Wildman–Crippen MR) is 131 cm³/mol. The molecular weight excluding hydrogens is 445 g/mol. The topological polar surface area (TPSA) is 64.3 Å². The summed E-state index contributed by atoms with van der Waals surface area (Å²) in [6, 6.07) is 13.1. The number of H-pyrrole nitrogens is 1. The summed E-state index contributed by atoms with van der Waals surface area (Å²) in [4.78, 5) is 24.2. The normalized spacial score (nSPS) is 14.8. The SMILES string of the molecule is O=C(NC/C=C/CN1CCN(c2cccc(Cl)c2Cl)CC1)c1ccc(-c2ncc[nH]2)cc1. The van der Waals surface area contributed by atoms with Crippen LogP contribution in [0.5, 0.6) is 0 Å². The molecule has 0 unspecified atom stereocenters. The number of carbonyl (C=O) groups excluding carboxylic acids is 1. The van der Waals surface area contributed by atoms with E-state index < -0.39 is 0 Å². The monoisotopic (exact) mass is 469 g/mol. The summed E-state index contributed by atoms with van der Waals surface area (Å²) in [7, 11) is 0. The van der Waals surface area contributed by atoms with Crippen molar-refractivity contribution in [3.63, 3.8) is 0 Å². The van der Waals surface area contributed by atoms with E-state index in [0.29, 0.717) is 22.2 Å². The number of nitrogens with zero attached hydrogens (tertiary/aromatic N) is 3. The average Bonchev–Trinajstić information content (AvgIpc) is 3.36. The van der Waals surface area contributed by atoms with E-state index in [4.69, 9.17) is 23.2 Å². The van der Waals surface area contributed by atoms with Crippen LogP contribution >= 0.6 is 23.2 Å². The number of aromatic nitrogens is 2. The Morgan fingerprint density at radius 3 is 2.56 bits per heavy atom. The largest absolute Gasteiger partial charge is 0.368 e. The first-order chi connectivity index (χ1) is 15.6. The van der Waals surface area contributed by atoms with Gasteiger partial charge in [-0.05, 0) is 24.3 Å². The maximum atomic E-state index is 12.3. The summed E-state index contributed by atoms with van der Waals surface area (Å²) in [5.74, 6) is 0.698. The van der Waals surface area contributed by atoms with Gasteiger partial charge in [0.25, 0.3) is 5.91 Å². The Kier molecular flexibility index (Phi) is 7.47. The summed E-state index contributed by atoms with van der Waals surface area (Å²) in [5, 5.41) is 4.14. The second kappa shape index (κ2) is 10.7. The molecule has 0 bridgehead atoms. The smallest absolute Gasteiger partial charge is 0.251 e. The number of piperazine rings is 1. The molecule has 1 saturated heterocycles. The molecule has 6 nitrogen and oxygen atoms in total. The molecule has 0 radical (unpaired) electrons. The zero-order chi connectivity index (χ0) is 22.3. The van der Waals surface area contributed by atoms with Crippen LogP contribution in [0.15, 0.2) is 67.0 Å². The summed E-state index contributed by atoms with van der Waals surface area (Å²) >= 11 is 12.5. The van der Waals surface area contributed by atoms with Crippen molar-refractivity contribution in [3.8, 4) is 11.4 Å². The minimum absolute atomic E-state index is 0.0901. The maximum absolute atomic E-state index is 12.3. The Morgan fingerprint density at radius 1 is 1.06 bits per heavy atom. The van der Waals surface area contributed by atoms with Crippen LogP contribution in [0.3, 0.4) is 0 Å². The summed E-state index contributed by atoms with van der Waals surface area (Å²) in [6.45, 7) is 5.04. The third-order valence-electron chi connectivity index (χ3n) is 5.47. The Labute approximate surface area is 197 Å². The molecule has 32 heavy (non-hydrogen) atoms. The van der Waals surface area contributed by atoms with Crippen LogP contribution in [-0.2, 0) is 0 Å². The number of carbonyl (C=O) groups is 1. The van der Waals surface area contributed by atoms with Gasteiger partial charge in [0.15, 0.2) is 0 Å². The average molecular weight is 470 g/mol. The zero-order valence-corrected chi connectivity index (χ0v) is 19.1.